The van der Waals surface area contributed by atoms with Crippen LogP contribution in [0, 0.1) is 5.92 Å². The maximum absolute atomic E-state index is 10.1. The third-order valence-corrected chi connectivity index (χ3v) is 3.06. The average molecular weight is 218 g/mol. The van der Waals surface area contributed by atoms with Crippen LogP contribution < -0.4 is 0 Å². The van der Waals surface area contributed by atoms with Crippen molar-refractivity contribution in [1.29, 1.82) is 0 Å². The Hall–Kier alpha value is -0.200. The lowest BCUT2D eigenvalue weighted by atomic mass is 9.92. The predicted octanol–water partition coefficient (Wildman–Crippen LogP) is 0.116. The van der Waals surface area contributed by atoms with Crippen LogP contribution in [0.1, 0.15) is 13.8 Å². The minimum Gasteiger partial charge on any atom is -0.390 e. The highest BCUT2D eigenvalue weighted by Crippen LogP contribution is 2.31. The number of methoxy groups -OCH3 is 1. The number of aliphatic hydroxyl groups is 1. The minimum atomic E-state index is -0.569. The normalized spacial score (nSPS) is 51.2. The van der Waals surface area contributed by atoms with Gasteiger partial charge in [-0.25, -0.2) is 0 Å². The van der Waals surface area contributed by atoms with Crippen molar-refractivity contribution in [2.45, 2.75) is 44.7 Å². The Morgan fingerprint density at radius 3 is 2.67 bits per heavy atom. The summed E-state index contributed by atoms with van der Waals surface area (Å²) < 4.78 is 21.6. The van der Waals surface area contributed by atoms with E-state index in [0.29, 0.717) is 6.61 Å². The fourth-order valence-electron chi connectivity index (χ4n) is 2.12. The molecule has 0 aliphatic carbocycles. The quantitative estimate of drug-likeness (QED) is 0.677. The molecule has 15 heavy (non-hydrogen) atoms. The number of hydrogen-bond acceptors (Lipinski definition) is 5. The summed E-state index contributed by atoms with van der Waals surface area (Å²) >= 11 is 0. The van der Waals surface area contributed by atoms with Gasteiger partial charge in [0.25, 0.3) is 0 Å². The molecule has 1 N–H and O–H groups in total. The van der Waals surface area contributed by atoms with E-state index in [1.54, 1.807) is 7.11 Å². The Morgan fingerprint density at radius 1 is 1.27 bits per heavy atom. The van der Waals surface area contributed by atoms with Crippen LogP contribution in [-0.2, 0) is 18.9 Å². The van der Waals surface area contributed by atoms with E-state index < -0.39 is 6.10 Å². The van der Waals surface area contributed by atoms with Gasteiger partial charge in [0.05, 0.1) is 12.7 Å². The van der Waals surface area contributed by atoms with Gasteiger partial charge in [-0.3, -0.25) is 0 Å². The van der Waals surface area contributed by atoms with Crippen LogP contribution >= 0.6 is 0 Å². The van der Waals surface area contributed by atoms with Crippen LogP contribution in [0.4, 0.5) is 0 Å². The Bertz CT molecular complexity index is 220. The van der Waals surface area contributed by atoms with Gasteiger partial charge in [0, 0.05) is 13.0 Å². The molecule has 2 rings (SSSR count). The second-order valence-electron chi connectivity index (χ2n) is 4.13. The lowest BCUT2D eigenvalue weighted by Crippen LogP contribution is -2.59. The zero-order valence-corrected chi connectivity index (χ0v) is 9.25. The maximum Gasteiger partial charge on any atom is 0.162 e. The molecule has 0 saturated carbocycles. The molecule has 0 spiro atoms. The van der Waals surface area contributed by atoms with Gasteiger partial charge in [-0.15, -0.1) is 0 Å². The van der Waals surface area contributed by atoms with Crippen LogP contribution in [0.15, 0.2) is 0 Å². The van der Waals surface area contributed by atoms with Crippen molar-refractivity contribution >= 4 is 0 Å². The van der Waals surface area contributed by atoms with E-state index >= 15 is 0 Å². The van der Waals surface area contributed by atoms with Crippen molar-refractivity contribution in [3.8, 4) is 0 Å². The van der Waals surface area contributed by atoms with Gasteiger partial charge in [0.2, 0.25) is 0 Å². The summed E-state index contributed by atoms with van der Waals surface area (Å²) in [5, 5.41) is 10.1. The molecule has 0 aromatic carbocycles. The summed E-state index contributed by atoms with van der Waals surface area (Å²) in [5.74, 6) is -0.0958. The molecule has 6 atom stereocenters. The van der Waals surface area contributed by atoms with Gasteiger partial charge >= 0.3 is 0 Å². The maximum atomic E-state index is 10.1. The third kappa shape index (κ3) is 2.03. The second kappa shape index (κ2) is 4.35. The van der Waals surface area contributed by atoms with Crippen molar-refractivity contribution < 1.29 is 24.1 Å². The minimum absolute atomic E-state index is 0.0958. The van der Waals surface area contributed by atoms with Crippen molar-refractivity contribution in [2.75, 3.05) is 13.7 Å². The smallest absolute Gasteiger partial charge is 0.162 e. The largest absolute Gasteiger partial charge is 0.390 e. The summed E-state index contributed by atoms with van der Waals surface area (Å²) in [4.78, 5) is 0. The summed E-state index contributed by atoms with van der Waals surface area (Å²) in [6.45, 7) is 4.14. The molecule has 0 amide bonds. The van der Waals surface area contributed by atoms with Gasteiger partial charge in [-0.05, 0) is 6.92 Å². The van der Waals surface area contributed by atoms with Gasteiger partial charge < -0.3 is 24.1 Å². The van der Waals surface area contributed by atoms with Crippen molar-refractivity contribution in [1.82, 2.24) is 0 Å². The molecular formula is C10H18O5. The summed E-state index contributed by atoms with van der Waals surface area (Å²) in [5.41, 5.74) is 0. The molecule has 2 heterocycles. The zero-order chi connectivity index (χ0) is 11.0. The van der Waals surface area contributed by atoms with Gasteiger partial charge in [0.1, 0.15) is 12.2 Å². The molecule has 0 bridgehead atoms. The highest BCUT2D eigenvalue weighted by molar-refractivity contribution is 4.90. The summed E-state index contributed by atoms with van der Waals surface area (Å²) in [6, 6.07) is 0. The standard InChI is InChI=1S/C10H18O5/c1-5-8(11)9-7(15-10(5)12-3)4-13-6(2)14-9/h5-11H,4H2,1-3H3. The molecule has 0 aromatic heterocycles. The van der Waals surface area contributed by atoms with E-state index in [1.165, 1.54) is 0 Å². The van der Waals surface area contributed by atoms with Crippen molar-refractivity contribution in [3.63, 3.8) is 0 Å². The van der Waals surface area contributed by atoms with Crippen LogP contribution in [0.25, 0.3) is 0 Å². The van der Waals surface area contributed by atoms with Crippen LogP contribution in [-0.4, -0.2) is 49.7 Å². The summed E-state index contributed by atoms with van der Waals surface area (Å²) in [7, 11) is 1.57. The Morgan fingerprint density at radius 2 is 2.00 bits per heavy atom. The highest BCUT2D eigenvalue weighted by Gasteiger charge is 2.46. The fraction of sp³-hybridized carbons (Fsp3) is 1.00. The number of rotatable bonds is 1. The predicted molar refractivity (Wildman–Crippen MR) is 51.1 cm³/mol. The number of ether oxygens (including phenoxy) is 4. The highest BCUT2D eigenvalue weighted by atomic mass is 16.7. The van der Waals surface area contributed by atoms with E-state index in [2.05, 4.69) is 0 Å². The van der Waals surface area contributed by atoms with Crippen molar-refractivity contribution in [2.24, 2.45) is 5.92 Å². The SMILES string of the molecule is COC1OC2COC(C)OC2C(O)C1C. The van der Waals surface area contributed by atoms with E-state index in [-0.39, 0.29) is 30.7 Å². The molecular weight excluding hydrogens is 200 g/mol. The Balaban J connectivity index is 2.07. The van der Waals surface area contributed by atoms with Gasteiger partial charge in [0.15, 0.2) is 12.6 Å². The molecule has 2 aliphatic rings. The van der Waals surface area contributed by atoms with Gasteiger partial charge in [-0.2, -0.15) is 0 Å². The second-order valence-corrected chi connectivity index (χ2v) is 4.13. The van der Waals surface area contributed by atoms with Crippen LogP contribution in [0.5, 0.6) is 0 Å². The molecule has 2 saturated heterocycles. The first-order valence-corrected chi connectivity index (χ1v) is 5.27. The first kappa shape index (κ1) is 11.3. The van der Waals surface area contributed by atoms with E-state index in [4.69, 9.17) is 18.9 Å². The first-order valence-electron chi connectivity index (χ1n) is 5.27. The lowest BCUT2D eigenvalue weighted by molar-refractivity contribution is -0.342. The molecule has 0 radical (unpaired) electrons. The molecule has 2 aliphatic heterocycles. The van der Waals surface area contributed by atoms with Crippen LogP contribution in [0.3, 0.4) is 0 Å². The topological polar surface area (TPSA) is 57.2 Å². The van der Waals surface area contributed by atoms with E-state index in [0.717, 1.165) is 0 Å². The first-order chi connectivity index (χ1) is 7.13. The third-order valence-electron chi connectivity index (χ3n) is 3.06. The van der Waals surface area contributed by atoms with Gasteiger partial charge in [-0.1, -0.05) is 6.92 Å². The Labute approximate surface area is 89.3 Å². The lowest BCUT2D eigenvalue weighted by Gasteiger charge is -2.46. The Kier molecular flexibility index (Phi) is 3.27. The zero-order valence-electron chi connectivity index (χ0n) is 9.25. The van der Waals surface area contributed by atoms with Crippen LogP contribution in [0.2, 0.25) is 0 Å². The number of fused-ring (bicyclic) bond motifs is 1. The summed E-state index contributed by atoms with van der Waals surface area (Å²) in [6.07, 6.45) is -1.79. The molecule has 5 nitrogen and oxygen atoms in total. The van der Waals surface area contributed by atoms with E-state index in [9.17, 15) is 5.11 Å². The molecule has 5 heteroatoms. The number of aliphatic hydroxyl groups excluding tert-OH is 1. The molecule has 88 valence electrons. The molecule has 0 aromatic rings. The molecule has 6 unspecified atom stereocenters. The van der Waals surface area contributed by atoms with E-state index in [1.807, 2.05) is 13.8 Å². The van der Waals surface area contributed by atoms with Crippen molar-refractivity contribution in [3.05, 3.63) is 0 Å². The number of hydrogen-bond donors (Lipinski definition) is 1. The fourth-order valence-corrected chi connectivity index (χ4v) is 2.12. The monoisotopic (exact) mass is 218 g/mol. The molecule has 2 fully saturated rings. The average Bonchev–Trinajstić information content (AvgIpc) is 2.24.